The third-order valence-corrected chi connectivity index (χ3v) is 3.18. The number of carbonyl (C=O) groups excluding carboxylic acids is 2. The number of hydrogen-bond acceptors (Lipinski definition) is 4. The van der Waals surface area contributed by atoms with E-state index in [2.05, 4.69) is 10.5 Å². The van der Waals surface area contributed by atoms with Crippen LogP contribution in [0, 0.1) is 19.8 Å². The molecule has 19 heavy (non-hydrogen) atoms. The molecule has 0 bridgehead atoms. The first-order chi connectivity index (χ1) is 8.82. The van der Waals surface area contributed by atoms with Crippen molar-refractivity contribution in [3.05, 3.63) is 17.0 Å². The van der Waals surface area contributed by atoms with E-state index in [4.69, 9.17) is 4.52 Å². The van der Waals surface area contributed by atoms with Gasteiger partial charge in [-0.3, -0.25) is 9.59 Å². The Hall–Kier alpha value is -1.65. The third kappa shape index (κ3) is 4.19. The summed E-state index contributed by atoms with van der Waals surface area (Å²) < 4.78 is 5.09. The zero-order valence-electron chi connectivity index (χ0n) is 12.2. The largest absolute Gasteiger partial charge is 0.361 e. The first kappa shape index (κ1) is 15.4. The molecule has 1 N–H and O–H groups in total. The number of carbonyl (C=O) groups is 2. The molecule has 0 radical (unpaired) electrons. The Labute approximate surface area is 113 Å². The van der Waals surface area contributed by atoms with Crippen molar-refractivity contribution in [2.45, 2.75) is 47.0 Å². The van der Waals surface area contributed by atoms with Gasteiger partial charge in [-0.2, -0.15) is 0 Å². The second kappa shape index (κ2) is 6.50. The second-order valence-corrected chi connectivity index (χ2v) is 5.24. The maximum absolute atomic E-state index is 11.8. The summed E-state index contributed by atoms with van der Waals surface area (Å²) in [6, 6.07) is 0. The predicted octanol–water partition coefficient (Wildman–Crippen LogP) is 2.13. The molecule has 106 valence electrons. The Morgan fingerprint density at radius 2 is 1.89 bits per heavy atom. The van der Waals surface area contributed by atoms with Crippen molar-refractivity contribution in [3.63, 3.8) is 0 Å². The fourth-order valence-corrected chi connectivity index (χ4v) is 2.04. The Morgan fingerprint density at radius 1 is 1.26 bits per heavy atom. The van der Waals surface area contributed by atoms with Crippen molar-refractivity contribution < 1.29 is 14.1 Å². The highest BCUT2D eigenvalue weighted by Gasteiger charge is 2.19. The van der Waals surface area contributed by atoms with Gasteiger partial charge in [-0.05, 0) is 19.8 Å². The summed E-state index contributed by atoms with van der Waals surface area (Å²) in [5.41, 5.74) is 1.79. The Morgan fingerprint density at radius 3 is 2.37 bits per heavy atom. The van der Waals surface area contributed by atoms with Gasteiger partial charge in [0, 0.05) is 17.9 Å². The van der Waals surface area contributed by atoms with Crippen LogP contribution in [0.25, 0.3) is 0 Å². The molecule has 1 rings (SSSR count). The van der Waals surface area contributed by atoms with Crippen LogP contribution in [0.2, 0.25) is 0 Å². The lowest BCUT2D eigenvalue weighted by Gasteiger charge is -2.11. The second-order valence-electron chi connectivity index (χ2n) is 5.24. The number of aromatic nitrogens is 1. The highest BCUT2D eigenvalue weighted by atomic mass is 16.5. The number of rotatable bonds is 6. The third-order valence-electron chi connectivity index (χ3n) is 3.18. The highest BCUT2D eigenvalue weighted by Crippen LogP contribution is 2.25. The zero-order chi connectivity index (χ0) is 14.6. The van der Waals surface area contributed by atoms with E-state index in [1.54, 1.807) is 0 Å². The van der Waals surface area contributed by atoms with Crippen LogP contribution in [0.3, 0.4) is 0 Å². The molecule has 1 atom stereocenters. The Kier molecular flexibility index (Phi) is 5.27. The molecule has 5 nitrogen and oxygen atoms in total. The summed E-state index contributed by atoms with van der Waals surface area (Å²) in [6.45, 7) is 9.40. The van der Waals surface area contributed by atoms with Crippen molar-refractivity contribution in [2.24, 2.45) is 5.92 Å². The number of ketones is 1. The lowest BCUT2D eigenvalue weighted by Crippen LogP contribution is -2.32. The summed E-state index contributed by atoms with van der Waals surface area (Å²) in [5, 5.41) is 6.54. The van der Waals surface area contributed by atoms with Crippen molar-refractivity contribution in [1.82, 2.24) is 10.5 Å². The lowest BCUT2D eigenvalue weighted by molar-refractivity contribution is -0.126. The van der Waals surface area contributed by atoms with E-state index in [9.17, 15) is 9.59 Å². The normalized spacial score (nSPS) is 12.5. The number of amides is 1. The van der Waals surface area contributed by atoms with Gasteiger partial charge in [0.15, 0.2) is 5.78 Å². The van der Waals surface area contributed by atoms with Crippen LogP contribution in [0.1, 0.15) is 50.1 Å². The van der Waals surface area contributed by atoms with Crippen molar-refractivity contribution in [1.29, 1.82) is 0 Å². The molecule has 1 aromatic heterocycles. The Bertz CT molecular complexity index is 444. The minimum absolute atomic E-state index is 0.0282. The van der Waals surface area contributed by atoms with Crippen LogP contribution in [-0.2, 0) is 9.59 Å². The summed E-state index contributed by atoms with van der Waals surface area (Å²) in [4.78, 5) is 23.2. The monoisotopic (exact) mass is 266 g/mol. The van der Waals surface area contributed by atoms with E-state index in [0.29, 0.717) is 6.42 Å². The molecule has 0 aliphatic carbocycles. The minimum Gasteiger partial charge on any atom is -0.361 e. The first-order valence-electron chi connectivity index (χ1n) is 6.55. The van der Waals surface area contributed by atoms with Gasteiger partial charge in [0.05, 0.1) is 12.2 Å². The number of Topliss-reactive ketones (excluding diaryl/α,β-unsaturated/α-hetero) is 1. The molecule has 0 aliphatic heterocycles. The molecule has 0 aromatic carbocycles. The number of aryl methyl sites for hydroxylation is 2. The van der Waals surface area contributed by atoms with E-state index in [1.807, 2.05) is 34.6 Å². The Balaban J connectivity index is 2.51. The molecule has 1 heterocycles. The number of nitrogens with one attached hydrogen (secondary N) is 1. The van der Waals surface area contributed by atoms with Gasteiger partial charge in [-0.1, -0.05) is 25.9 Å². The zero-order valence-corrected chi connectivity index (χ0v) is 12.2. The molecule has 0 saturated carbocycles. The molecule has 0 aliphatic rings. The summed E-state index contributed by atoms with van der Waals surface area (Å²) in [5.74, 6) is 0.636. The van der Waals surface area contributed by atoms with Gasteiger partial charge in [0.2, 0.25) is 5.91 Å². The average molecular weight is 266 g/mol. The maximum atomic E-state index is 11.8. The molecule has 5 heteroatoms. The van der Waals surface area contributed by atoms with Crippen molar-refractivity contribution in [3.8, 4) is 0 Å². The van der Waals surface area contributed by atoms with Gasteiger partial charge in [-0.25, -0.2) is 0 Å². The molecular weight excluding hydrogens is 244 g/mol. The van der Waals surface area contributed by atoms with Gasteiger partial charge >= 0.3 is 0 Å². The standard InChI is InChI=1S/C14H22N2O3/c1-8(2)12(17)7-15-13(18)6-9(3)14-10(4)16-19-11(14)5/h8-9H,6-7H2,1-5H3,(H,15,18)/t9-/m0/s1. The molecule has 0 unspecified atom stereocenters. The van der Waals surface area contributed by atoms with Crippen molar-refractivity contribution >= 4 is 11.7 Å². The van der Waals surface area contributed by atoms with Crippen LogP contribution in [0.4, 0.5) is 0 Å². The van der Waals surface area contributed by atoms with Gasteiger partial charge in [-0.15, -0.1) is 0 Å². The van der Waals surface area contributed by atoms with E-state index in [-0.39, 0.29) is 30.1 Å². The smallest absolute Gasteiger partial charge is 0.220 e. The quantitative estimate of drug-likeness (QED) is 0.856. The minimum atomic E-state index is -0.124. The summed E-state index contributed by atoms with van der Waals surface area (Å²) >= 11 is 0. The molecule has 1 amide bonds. The fourth-order valence-electron chi connectivity index (χ4n) is 2.04. The molecular formula is C14H22N2O3. The highest BCUT2D eigenvalue weighted by molar-refractivity contribution is 5.87. The van der Waals surface area contributed by atoms with Crippen LogP contribution in [-0.4, -0.2) is 23.4 Å². The lowest BCUT2D eigenvalue weighted by atomic mass is 9.96. The van der Waals surface area contributed by atoms with E-state index < -0.39 is 0 Å². The molecule has 0 spiro atoms. The van der Waals surface area contributed by atoms with E-state index >= 15 is 0 Å². The van der Waals surface area contributed by atoms with Crippen LogP contribution < -0.4 is 5.32 Å². The van der Waals surface area contributed by atoms with Gasteiger partial charge < -0.3 is 9.84 Å². The topological polar surface area (TPSA) is 72.2 Å². The maximum Gasteiger partial charge on any atom is 0.220 e. The molecule has 0 saturated heterocycles. The first-order valence-corrected chi connectivity index (χ1v) is 6.55. The molecule has 0 fully saturated rings. The summed E-state index contributed by atoms with van der Waals surface area (Å²) in [6.07, 6.45) is 0.328. The number of nitrogens with zero attached hydrogens (tertiary/aromatic N) is 1. The average Bonchev–Trinajstić information content (AvgIpc) is 2.65. The van der Waals surface area contributed by atoms with E-state index in [0.717, 1.165) is 17.0 Å². The SMILES string of the molecule is Cc1noc(C)c1[C@@H](C)CC(=O)NCC(=O)C(C)C. The van der Waals surface area contributed by atoms with E-state index in [1.165, 1.54) is 0 Å². The van der Waals surface area contributed by atoms with Gasteiger partial charge in [0.25, 0.3) is 0 Å². The van der Waals surface area contributed by atoms with Gasteiger partial charge in [0.1, 0.15) is 5.76 Å². The number of hydrogen-bond donors (Lipinski definition) is 1. The summed E-state index contributed by atoms with van der Waals surface area (Å²) in [7, 11) is 0. The molecule has 1 aromatic rings. The van der Waals surface area contributed by atoms with Crippen molar-refractivity contribution in [2.75, 3.05) is 6.54 Å². The fraction of sp³-hybridized carbons (Fsp3) is 0.643. The van der Waals surface area contributed by atoms with Crippen LogP contribution in [0.15, 0.2) is 4.52 Å². The predicted molar refractivity (Wildman–Crippen MR) is 71.9 cm³/mol. The van der Waals surface area contributed by atoms with Crippen LogP contribution >= 0.6 is 0 Å². The van der Waals surface area contributed by atoms with Crippen LogP contribution in [0.5, 0.6) is 0 Å².